The van der Waals surface area contributed by atoms with Gasteiger partial charge in [-0.05, 0) is 83.5 Å². The number of phosphoric ester groups is 1. The molecule has 0 aromatic rings. The molecule has 6 N–H and O–H groups in total. The minimum Gasteiger partial charge on any atom is -0.462 e. The van der Waals surface area contributed by atoms with Crippen LogP contribution in [0.3, 0.4) is 0 Å². The predicted molar refractivity (Wildman–Crippen MR) is 258 cm³/mol. The van der Waals surface area contributed by atoms with E-state index in [0.29, 0.717) is 19.3 Å². The van der Waals surface area contributed by atoms with Gasteiger partial charge in [0.1, 0.15) is 43.2 Å². The summed E-state index contributed by atoms with van der Waals surface area (Å²) in [5.74, 6) is -1.19. The molecule has 13 nitrogen and oxygen atoms in total. The van der Waals surface area contributed by atoms with E-state index in [0.717, 1.165) is 57.8 Å². The quantitative estimate of drug-likeness (QED) is 0.0146. The fourth-order valence-electron chi connectivity index (χ4n) is 7.02. The van der Waals surface area contributed by atoms with Crippen LogP contribution in [-0.4, -0.2) is 98.3 Å². The van der Waals surface area contributed by atoms with Gasteiger partial charge in [0.05, 0.1) is 6.61 Å². The molecule has 0 radical (unpaired) electrons. The van der Waals surface area contributed by atoms with Gasteiger partial charge in [0.15, 0.2) is 6.10 Å². The van der Waals surface area contributed by atoms with Gasteiger partial charge in [0.2, 0.25) is 0 Å². The van der Waals surface area contributed by atoms with Gasteiger partial charge >= 0.3 is 19.8 Å². The van der Waals surface area contributed by atoms with Crippen LogP contribution in [0.4, 0.5) is 0 Å². The van der Waals surface area contributed by atoms with Gasteiger partial charge in [-0.3, -0.25) is 18.6 Å². The average molecular weight is 939 g/mol. The van der Waals surface area contributed by atoms with Crippen LogP contribution in [0.1, 0.15) is 181 Å². The second kappa shape index (κ2) is 40.4. The van der Waals surface area contributed by atoms with Crippen LogP contribution in [0, 0.1) is 0 Å². The molecular formula is C51H87O13P. The maximum Gasteiger partial charge on any atom is 0.472 e. The van der Waals surface area contributed by atoms with Gasteiger partial charge in [-0.15, -0.1) is 0 Å². The molecule has 0 saturated heterocycles. The topological polar surface area (TPSA) is 210 Å². The Labute approximate surface area is 391 Å². The van der Waals surface area contributed by atoms with Gasteiger partial charge in [0.25, 0.3) is 0 Å². The number of esters is 2. The van der Waals surface area contributed by atoms with E-state index in [-0.39, 0.29) is 12.8 Å². The van der Waals surface area contributed by atoms with Crippen LogP contribution < -0.4 is 0 Å². The van der Waals surface area contributed by atoms with E-state index >= 15 is 0 Å². The Morgan fingerprint density at radius 3 is 1.34 bits per heavy atom. The number of unbranched alkanes of at least 4 members (excludes halogenated alkanes) is 16. The Hall–Kier alpha value is -2.71. The standard InChI is InChI=1S/C51H87O13P/c1-3-5-7-9-11-13-15-17-19-21-22-24-26-28-30-32-34-36-38-40-45(53)63-43(42-62-65(59,60)64-51-49(57)47(55)46(54)48(56)50(51)58)41-61-44(52)39-37-35-33-31-29-27-25-23-20-18-16-14-12-10-8-6-4-2/h11,13,17,19,22,24-25,27-28,30-31,33,43,46-51,54-58H,3-10,12,14-16,18,20-21,23,26,29,32,34-42H2,1-2H3,(H,59,60)/b13-11+,19-17+,24-22+,27-25+,30-28+,33-31+/t43-,46?,47-,48?,49?,50?,51?/m1/s1. The average Bonchev–Trinajstić information content (AvgIpc) is 3.29. The van der Waals surface area contributed by atoms with Crippen LogP contribution in [0.15, 0.2) is 72.9 Å². The van der Waals surface area contributed by atoms with Crippen molar-refractivity contribution in [3.05, 3.63) is 72.9 Å². The first kappa shape index (κ1) is 60.3. The summed E-state index contributed by atoms with van der Waals surface area (Å²) in [7, 11) is -5.14. The van der Waals surface area contributed by atoms with Gasteiger partial charge in [0, 0.05) is 12.8 Å². The third-order valence-corrected chi connectivity index (χ3v) is 12.0. The van der Waals surface area contributed by atoms with E-state index in [9.17, 15) is 44.6 Å². The second-order valence-corrected chi connectivity index (χ2v) is 18.4. The first-order valence-electron chi connectivity index (χ1n) is 24.7. The van der Waals surface area contributed by atoms with Crippen molar-refractivity contribution in [3.63, 3.8) is 0 Å². The summed E-state index contributed by atoms with van der Waals surface area (Å²) in [6, 6.07) is 0. The third-order valence-electron chi connectivity index (χ3n) is 11.0. The number of carbonyl (C=O) groups is 2. The molecule has 0 amide bonds. The Balaban J connectivity index is 2.49. The first-order chi connectivity index (χ1) is 31.4. The molecule has 1 aliphatic carbocycles. The SMILES string of the molecule is CCCCC/C=C/C/C=C/C/C=C/C/C=C/CCCCCC(=O)O[C@H](COC(=O)CCC/C=C/C/C=C/CCCCCCCCCCC)COP(=O)(O)OC1C(O)C(O)C(O)[C@@H](O)C1O. The van der Waals surface area contributed by atoms with Crippen molar-refractivity contribution in [1.29, 1.82) is 0 Å². The fourth-order valence-corrected chi connectivity index (χ4v) is 7.99. The number of carbonyl (C=O) groups excluding carboxylic acids is 2. The van der Waals surface area contributed by atoms with Crippen molar-refractivity contribution < 1.29 is 63.1 Å². The lowest BCUT2D eigenvalue weighted by Crippen LogP contribution is -2.64. The molecule has 14 heteroatoms. The Kier molecular flexibility index (Phi) is 37.5. The highest BCUT2D eigenvalue weighted by Crippen LogP contribution is 2.47. The summed E-state index contributed by atoms with van der Waals surface area (Å²) in [4.78, 5) is 35.7. The minimum absolute atomic E-state index is 0.0473. The van der Waals surface area contributed by atoms with E-state index in [2.05, 4.69) is 80.7 Å². The molecule has 0 spiro atoms. The van der Waals surface area contributed by atoms with Crippen LogP contribution in [0.5, 0.6) is 0 Å². The number of aliphatic hydroxyl groups excluding tert-OH is 5. The number of ether oxygens (including phenoxy) is 2. The number of rotatable bonds is 40. The van der Waals surface area contributed by atoms with Crippen molar-refractivity contribution in [2.24, 2.45) is 0 Å². The van der Waals surface area contributed by atoms with Crippen LogP contribution in [-0.2, 0) is 32.7 Å². The molecule has 0 aliphatic heterocycles. The highest BCUT2D eigenvalue weighted by Gasteiger charge is 2.51. The summed E-state index contributed by atoms with van der Waals surface area (Å²) in [6.07, 6.45) is 38.1. The molecule has 65 heavy (non-hydrogen) atoms. The fraction of sp³-hybridized carbons (Fsp3) is 0.725. The van der Waals surface area contributed by atoms with Gasteiger partial charge < -0.3 is 39.9 Å². The van der Waals surface area contributed by atoms with Crippen molar-refractivity contribution in [3.8, 4) is 0 Å². The van der Waals surface area contributed by atoms with Gasteiger partial charge in [-0.25, -0.2) is 4.57 Å². The largest absolute Gasteiger partial charge is 0.472 e. The molecule has 1 aliphatic rings. The molecule has 8 atom stereocenters. The Morgan fingerprint density at radius 1 is 0.477 bits per heavy atom. The minimum atomic E-state index is -5.14. The first-order valence-corrected chi connectivity index (χ1v) is 26.2. The van der Waals surface area contributed by atoms with E-state index in [1.165, 1.54) is 77.0 Å². The predicted octanol–water partition coefficient (Wildman–Crippen LogP) is 10.3. The maximum absolute atomic E-state index is 12.8. The zero-order chi connectivity index (χ0) is 47.8. The highest BCUT2D eigenvalue weighted by molar-refractivity contribution is 7.47. The molecule has 0 bridgehead atoms. The second-order valence-electron chi connectivity index (χ2n) is 17.0. The van der Waals surface area contributed by atoms with Crippen LogP contribution >= 0.6 is 7.82 Å². The highest BCUT2D eigenvalue weighted by atomic mass is 31.2. The van der Waals surface area contributed by atoms with Gasteiger partial charge in [-0.1, -0.05) is 157 Å². The monoisotopic (exact) mass is 939 g/mol. The molecular weight excluding hydrogens is 852 g/mol. The number of aliphatic hydroxyl groups is 5. The van der Waals surface area contributed by atoms with E-state index in [1.807, 2.05) is 6.08 Å². The van der Waals surface area contributed by atoms with Gasteiger partial charge in [-0.2, -0.15) is 0 Å². The summed E-state index contributed by atoms with van der Waals surface area (Å²) < 4.78 is 33.5. The molecule has 0 aromatic heterocycles. The van der Waals surface area contributed by atoms with Crippen molar-refractivity contribution in [1.82, 2.24) is 0 Å². The van der Waals surface area contributed by atoms with Crippen molar-refractivity contribution >= 4 is 19.8 Å². The summed E-state index contributed by atoms with van der Waals surface area (Å²) in [5.41, 5.74) is 0. The zero-order valence-corrected chi connectivity index (χ0v) is 40.7. The van der Waals surface area contributed by atoms with E-state index in [4.69, 9.17) is 18.5 Å². The molecule has 6 unspecified atom stereocenters. The molecule has 1 saturated carbocycles. The molecule has 1 rings (SSSR count). The number of hydrogen-bond acceptors (Lipinski definition) is 12. The Morgan fingerprint density at radius 2 is 0.846 bits per heavy atom. The summed E-state index contributed by atoms with van der Waals surface area (Å²) in [6.45, 7) is 3.21. The number of hydrogen-bond donors (Lipinski definition) is 6. The molecule has 0 aromatic carbocycles. The van der Waals surface area contributed by atoms with Crippen LogP contribution in [0.25, 0.3) is 0 Å². The van der Waals surface area contributed by atoms with Crippen molar-refractivity contribution in [2.45, 2.75) is 224 Å². The molecule has 0 heterocycles. The third kappa shape index (κ3) is 32.6. The number of allylic oxidation sites excluding steroid dienone is 12. The zero-order valence-electron chi connectivity index (χ0n) is 39.8. The van der Waals surface area contributed by atoms with Crippen molar-refractivity contribution in [2.75, 3.05) is 13.2 Å². The molecule has 374 valence electrons. The van der Waals surface area contributed by atoms with E-state index in [1.54, 1.807) is 0 Å². The van der Waals surface area contributed by atoms with E-state index < -0.39 is 75.7 Å². The number of phosphoric acid groups is 1. The summed E-state index contributed by atoms with van der Waals surface area (Å²) in [5, 5.41) is 50.2. The smallest absolute Gasteiger partial charge is 0.462 e. The lowest BCUT2D eigenvalue weighted by molar-refractivity contribution is -0.220. The lowest BCUT2D eigenvalue weighted by atomic mass is 9.85. The summed E-state index contributed by atoms with van der Waals surface area (Å²) >= 11 is 0. The normalized spacial score (nSPS) is 22.0. The maximum atomic E-state index is 12.8. The molecule has 1 fully saturated rings. The lowest BCUT2D eigenvalue weighted by Gasteiger charge is -2.41. The van der Waals surface area contributed by atoms with Crippen LogP contribution in [0.2, 0.25) is 0 Å². The Bertz CT molecular complexity index is 1410.